The number of halogens is 4. The molecule has 1 unspecified atom stereocenters. The lowest BCUT2D eigenvalue weighted by Crippen LogP contribution is -2.10. The number of rotatable bonds is 1. The monoisotopic (exact) mass is 256 g/mol. The largest absolute Gasteiger partial charge is 0.417 e. The lowest BCUT2D eigenvalue weighted by molar-refractivity contribution is -0.139. The van der Waals surface area contributed by atoms with Crippen molar-refractivity contribution in [2.75, 3.05) is 6.26 Å². The smallest absolute Gasteiger partial charge is 0.255 e. The van der Waals surface area contributed by atoms with Crippen LogP contribution in [0.25, 0.3) is 0 Å². The number of hydrogen-bond acceptors (Lipinski definition) is 1. The van der Waals surface area contributed by atoms with Gasteiger partial charge in [-0.3, -0.25) is 4.21 Å². The fourth-order valence-electron chi connectivity index (χ4n) is 1.16. The van der Waals surface area contributed by atoms with E-state index < -0.39 is 22.5 Å². The van der Waals surface area contributed by atoms with Gasteiger partial charge in [-0.2, -0.15) is 13.2 Å². The van der Waals surface area contributed by atoms with Gasteiger partial charge in [-0.25, -0.2) is 0 Å². The second kappa shape index (κ2) is 4.14. The summed E-state index contributed by atoms with van der Waals surface area (Å²) in [7, 11) is -1.76. The van der Waals surface area contributed by atoms with Crippen molar-refractivity contribution in [3.05, 3.63) is 28.3 Å². The Labute approximate surface area is 92.7 Å². The van der Waals surface area contributed by atoms with E-state index in [1.54, 1.807) is 6.92 Å². The minimum atomic E-state index is -4.53. The van der Waals surface area contributed by atoms with Crippen LogP contribution in [0.15, 0.2) is 17.0 Å². The van der Waals surface area contributed by atoms with Crippen molar-refractivity contribution in [3.8, 4) is 0 Å². The zero-order valence-corrected chi connectivity index (χ0v) is 9.56. The van der Waals surface area contributed by atoms with Gasteiger partial charge in [-0.15, -0.1) is 0 Å². The van der Waals surface area contributed by atoms with Gasteiger partial charge in [0, 0.05) is 6.26 Å². The molecule has 0 aliphatic heterocycles. The van der Waals surface area contributed by atoms with E-state index in [-0.39, 0.29) is 9.92 Å². The minimum absolute atomic E-state index is 0.0781. The molecule has 0 aliphatic carbocycles. The van der Waals surface area contributed by atoms with Crippen molar-refractivity contribution in [2.45, 2.75) is 18.0 Å². The van der Waals surface area contributed by atoms with Gasteiger partial charge in [-0.05, 0) is 18.6 Å². The van der Waals surface area contributed by atoms with Crippen LogP contribution >= 0.6 is 11.6 Å². The molecule has 0 radical (unpaired) electrons. The average molecular weight is 257 g/mol. The van der Waals surface area contributed by atoms with Gasteiger partial charge in [0.2, 0.25) is 0 Å². The van der Waals surface area contributed by atoms with Crippen molar-refractivity contribution in [1.82, 2.24) is 0 Å². The highest BCUT2D eigenvalue weighted by Gasteiger charge is 2.35. The summed E-state index contributed by atoms with van der Waals surface area (Å²) in [5.41, 5.74) is -0.450. The van der Waals surface area contributed by atoms with Crippen LogP contribution in [-0.2, 0) is 17.0 Å². The molecular weight excluding hydrogens is 249 g/mol. The number of benzene rings is 1. The Morgan fingerprint density at radius 3 is 2.27 bits per heavy atom. The summed E-state index contributed by atoms with van der Waals surface area (Å²) in [4.78, 5) is -0.343. The Morgan fingerprint density at radius 2 is 1.87 bits per heavy atom. The predicted molar refractivity (Wildman–Crippen MR) is 53.5 cm³/mol. The maximum absolute atomic E-state index is 12.5. The minimum Gasteiger partial charge on any atom is -0.255 e. The summed E-state index contributed by atoms with van der Waals surface area (Å²) in [6.07, 6.45) is -3.35. The SMILES string of the molecule is Cc1ccc(C(F)(F)F)c(S(C)=O)c1Cl. The van der Waals surface area contributed by atoms with Gasteiger partial charge in [0.1, 0.15) is 0 Å². The summed E-state index contributed by atoms with van der Waals surface area (Å²) in [5.74, 6) is 0. The normalized spacial score (nSPS) is 14.0. The first-order chi connectivity index (χ1) is 6.75. The molecule has 6 heteroatoms. The van der Waals surface area contributed by atoms with Gasteiger partial charge in [0.25, 0.3) is 0 Å². The molecule has 1 rings (SSSR count). The van der Waals surface area contributed by atoms with E-state index in [0.29, 0.717) is 5.56 Å². The van der Waals surface area contributed by atoms with E-state index in [9.17, 15) is 17.4 Å². The Morgan fingerprint density at radius 1 is 1.33 bits per heavy atom. The van der Waals surface area contributed by atoms with Crippen LogP contribution in [0.1, 0.15) is 11.1 Å². The molecule has 1 aromatic rings. The second-order valence-corrected chi connectivity index (χ2v) is 4.72. The molecule has 15 heavy (non-hydrogen) atoms. The molecule has 0 spiro atoms. The second-order valence-electron chi connectivity index (χ2n) is 3.03. The fraction of sp³-hybridized carbons (Fsp3) is 0.333. The zero-order chi connectivity index (χ0) is 11.8. The highest BCUT2D eigenvalue weighted by Crippen LogP contribution is 2.37. The molecule has 0 amide bonds. The van der Waals surface area contributed by atoms with Gasteiger partial charge >= 0.3 is 6.18 Å². The number of alkyl halides is 3. The third-order valence-corrected chi connectivity index (χ3v) is 3.48. The van der Waals surface area contributed by atoms with Crippen LogP contribution in [0, 0.1) is 6.92 Å². The van der Waals surface area contributed by atoms with Crippen molar-refractivity contribution in [2.24, 2.45) is 0 Å². The number of hydrogen-bond donors (Lipinski definition) is 0. The lowest BCUT2D eigenvalue weighted by atomic mass is 10.1. The van der Waals surface area contributed by atoms with Crippen LogP contribution in [0.2, 0.25) is 5.02 Å². The number of aryl methyl sites for hydroxylation is 1. The van der Waals surface area contributed by atoms with E-state index in [4.69, 9.17) is 11.6 Å². The predicted octanol–water partition coefficient (Wildman–Crippen LogP) is 3.40. The Balaban J connectivity index is 3.55. The molecular formula is C9H8ClF3OS. The maximum Gasteiger partial charge on any atom is 0.417 e. The first-order valence-electron chi connectivity index (χ1n) is 3.95. The van der Waals surface area contributed by atoms with Crippen molar-refractivity contribution in [1.29, 1.82) is 0 Å². The quantitative estimate of drug-likeness (QED) is 0.753. The molecule has 1 nitrogen and oxygen atoms in total. The maximum atomic E-state index is 12.5. The molecule has 0 aliphatic rings. The Bertz CT molecular complexity index is 415. The molecule has 0 saturated carbocycles. The topological polar surface area (TPSA) is 17.1 Å². The van der Waals surface area contributed by atoms with Crippen LogP contribution in [-0.4, -0.2) is 10.5 Å². The average Bonchev–Trinajstić information content (AvgIpc) is 2.06. The Kier molecular flexibility index (Phi) is 3.45. The molecule has 84 valence electrons. The van der Waals surface area contributed by atoms with E-state index in [2.05, 4.69) is 0 Å². The zero-order valence-electron chi connectivity index (χ0n) is 7.98. The van der Waals surface area contributed by atoms with Crippen LogP contribution < -0.4 is 0 Å². The standard InChI is InChI=1S/C9H8ClF3OS/c1-5-3-4-6(9(11,12)13)8(7(5)10)15(2)14/h3-4H,1-2H3. The third kappa shape index (κ3) is 2.52. The van der Waals surface area contributed by atoms with Gasteiger partial charge < -0.3 is 0 Å². The molecule has 0 aromatic heterocycles. The Hall–Kier alpha value is -0.550. The molecule has 0 heterocycles. The molecule has 0 N–H and O–H groups in total. The van der Waals surface area contributed by atoms with Crippen molar-refractivity contribution in [3.63, 3.8) is 0 Å². The van der Waals surface area contributed by atoms with Crippen LogP contribution in [0.4, 0.5) is 13.2 Å². The molecule has 0 bridgehead atoms. The first kappa shape index (κ1) is 12.5. The molecule has 0 fully saturated rings. The highest BCUT2D eigenvalue weighted by molar-refractivity contribution is 7.84. The van der Waals surface area contributed by atoms with Crippen molar-refractivity contribution >= 4 is 22.4 Å². The van der Waals surface area contributed by atoms with E-state index in [1.165, 1.54) is 12.3 Å². The molecule has 1 aromatic carbocycles. The summed E-state index contributed by atoms with van der Waals surface area (Å²) in [6.45, 7) is 1.57. The summed E-state index contributed by atoms with van der Waals surface area (Å²) < 4.78 is 48.8. The lowest BCUT2D eigenvalue weighted by Gasteiger charge is -2.13. The van der Waals surface area contributed by atoms with E-state index in [1.807, 2.05) is 0 Å². The van der Waals surface area contributed by atoms with Gasteiger partial charge in [0.05, 0.1) is 26.3 Å². The molecule has 1 atom stereocenters. The fourth-order valence-corrected chi connectivity index (χ4v) is 2.56. The highest BCUT2D eigenvalue weighted by atomic mass is 35.5. The van der Waals surface area contributed by atoms with Gasteiger partial charge in [-0.1, -0.05) is 17.7 Å². The first-order valence-corrected chi connectivity index (χ1v) is 5.88. The van der Waals surface area contributed by atoms with Gasteiger partial charge in [0.15, 0.2) is 0 Å². The third-order valence-electron chi connectivity index (χ3n) is 1.88. The summed E-state index contributed by atoms with van der Waals surface area (Å²) in [6, 6.07) is 2.17. The van der Waals surface area contributed by atoms with Crippen LogP contribution in [0.3, 0.4) is 0 Å². The van der Waals surface area contributed by atoms with Crippen LogP contribution in [0.5, 0.6) is 0 Å². The van der Waals surface area contributed by atoms with Crippen molar-refractivity contribution < 1.29 is 17.4 Å². The van der Waals surface area contributed by atoms with E-state index in [0.717, 1.165) is 6.07 Å². The van der Waals surface area contributed by atoms with E-state index >= 15 is 0 Å². The molecule has 0 saturated heterocycles. The summed E-state index contributed by atoms with van der Waals surface area (Å²) >= 11 is 5.71. The summed E-state index contributed by atoms with van der Waals surface area (Å²) in [5, 5.41) is -0.0781.